The maximum Gasteiger partial charge on any atom is 0.251 e. The largest absolute Gasteiger partial charge is 0.454 e. The van der Waals surface area contributed by atoms with Crippen LogP contribution < -0.4 is 14.8 Å². The van der Waals surface area contributed by atoms with E-state index in [4.69, 9.17) is 21.1 Å². The van der Waals surface area contributed by atoms with Crippen molar-refractivity contribution in [3.05, 3.63) is 45.1 Å². The fourth-order valence-electron chi connectivity index (χ4n) is 2.45. The molecular weight excluding hydrogens is 336 g/mol. The van der Waals surface area contributed by atoms with E-state index in [-0.39, 0.29) is 18.7 Å². The molecule has 0 aliphatic carbocycles. The van der Waals surface area contributed by atoms with Crippen LogP contribution in [0.15, 0.2) is 29.0 Å². The first kappa shape index (κ1) is 16.1. The monoisotopic (exact) mass is 352 g/mol. The fourth-order valence-corrected chi connectivity index (χ4v) is 3.43. The van der Waals surface area contributed by atoms with Gasteiger partial charge in [0.25, 0.3) is 5.91 Å². The highest BCUT2D eigenvalue weighted by molar-refractivity contribution is 7.07. The highest BCUT2D eigenvalue weighted by Gasteiger charge is 2.21. The van der Waals surface area contributed by atoms with Gasteiger partial charge in [0.1, 0.15) is 0 Å². The third-order valence-electron chi connectivity index (χ3n) is 3.70. The molecule has 1 amide bonds. The van der Waals surface area contributed by atoms with Gasteiger partial charge in [0.05, 0.1) is 11.1 Å². The molecule has 1 unspecified atom stereocenters. The zero-order valence-electron chi connectivity index (χ0n) is 12.8. The standard InChI is InChI=1S/C16H17ClN2O3S/c1-19(2)13(10-3-4-23-8-10)7-18-16(20)11-5-12(17)15-14(6-11)21-9-22-15/h3-6,8,13H,7,9H2,1-2H3,(H,18,20). The zero-order valence-corrected chi connectivity index (χ0v) is 14.4. The number of fused-ring (bicyclic) bond motifs is 1. The van der Waals surface area contributed by atoms with Crippen LogP contribution in [-0.4, -0.2) is 38.2 Å². The number of carbonyl (C=O) groups is 1. The molecule has 1 N–H and O–H groups in total. The Morgan fingerprint density at radius 2 is 2.26 bits per heavy atom. The fraction of sp³-hybridized carbons (Fsp3) is 0.312. The van der Waals surface area contributed by atoms with Crippen LogP contribution in [0.4, 0.5) is 0 Å². The Hall–Kier alpha value is -1.76. The van der Waals surface area contributed by atoms with Gasteiger partial charge in [-0.05, 0) is 48.6 Å². The summed E-state index contributed by atoms with van der Waals surface area (Å²) < 4.78 is 10.6. The van der Waals surface area contributed by atoms with Crippen molar-refractivity contribution in [2.75, 3.05) is 27.4 Å². The summed E-state index contributed by atoms with van der Waals surface area (Å²) in [7, 11) is 3.98. The SMILES string of the molecule is CN(C)C(CNC(=O)c1cc(Cl)c2c(c1)OCO2)c1ccsc1. The van der Waals surface area contributed by atoms with Gasteiger partial charge in [-0.25, -0.2) is 0 Å². The van der Waals surface area contributed by atoms with Crippen LogP contribution in [0.3, 0.4) is 0 Å². The van der Waals surface area contributed by atoms with Gasteiger partial charge in [-0.15, -0.1) is 0 Å². The van der Waals surface area contributed by atoms with Gasteiger partial charge in [-0.1, -0.05) is 11.6 Å². The Morgan fingerprint density at radius 1 is 1.43 bits per heavy atom. The maximum atomic E-state index is 12.4. The number of halogens is 1. The molecule has 2 aromatic rings. The van der Waals surface area contributed by atoms with Crippen LogP contribution in [0, 0.1) is 0 Å². The van der Waals surface area contributed by atoms with E-state index in [0.29, 0.717) is 28.6 Å². The summed E-state index contributed by atoms with van der Waals surface area (Å²) in [5, 5.41) is 7.46. The van der Waals surface area contributed by atoms with Crippen LogP contribution in [0.25, 0.3) is 0 Å². The van der Waals surface area contributed by atoms with Crippen molar-refractivity contribution in [3.63, 3.8) is 0 Å². The highest BCUT2D eigenvalue weighted by Crippen LogP contribution is 2.39. The summed E-state index contributed by atoms with van der Waals surface area (Å²) in [5.41, 5.74) is 1.64. The van der Waals surface area contributed by atoms with E-state index in [2.05, 4.69) is 21.7 Å². The molecular formula is C16H17ClN2O3S. The number of nitrogens with zero attached hydrogens (tertiary/aromatic N) is 1. The lowest BCUT2D eigenvalue weighted by Gasteiger charge is -2.24. The first-order valence-corrected chi connectivity index (χ1v) is 8.44. The summed E-state index contributed by atoms with van der Waals surface area (Å²) in [4.78, 5) is 14.5. The number of hydrogen-bond acceptors (Lipinski definition) is 5. The topological polar surface area (TPSA) is 50.8 Å². The summed E-state index contributed by atoms with van der Waals surface area (Å²) >= 11 is 7.77. The molecule has 0 fully saturated rings. The minimum atomic E-state index is -0.188. The maximum absolute atomic E-state index is 12.4. The number of nitrogens with one attached hydrogen (secondary N) is 1. The summed E-state index contributed by atoms with van der Waals surface area (Å²) in [6, 6.07) is 5.44. The average Bonchev–Trinajstić information content (AvgIpc) is 3.17. The Morgan fingerprint density at radius 3 is 2.96 bits per heavy atom. The number of ether oxygens (including phenoxy) is 2. The lowest BCUT2D eigenvalue weighted by Crippen LogP contribution is -2.34. The van der Waals surface area contributed by atoms with Crippen LogP contribution in [-0.2, 0) is 0 Å². The van der Waals surface area contributed by atoms with Crippen LogP contribution in [0.1, 0.15) is 22.0 Å². The molecule has 0 saturated carbocycles. The number of amides is 1. The molecule has 1 aliphatic heterocycles. The minimum absolute atomic E-state index is 0.120. The van der Waals surface area contributed by atoms with Crippen molar-refractivity contribution < 1.29 is 14.3 Å². The van der Waals surface area contributed by atoms with E-state index in [0.717, 1.165) is 0 Å². The molecule has 0 bridgehead atoms. The highest BCUT2D eigenvalue weighted by atomic mass is 35.5. The summed E-state index contributed by atoms with van der Waals surface area (Å²) in [5.74, 6) is 0.810. The molecule has 0 spiro atoms. The number of likely N-dealkylation sites (N-methyl/N-ethyl adjacent to an activating group) is 1. The van der Waals surface area contributed by atoms with Crippen molar-refractivity contribution in [2.24, 2.45) is 0 Å². The zero-order chi connectivity index (χ0) is 16.4. The Kier molecular flexibility index (Phi) is 4.75. The molecule has 3 rings (SSSR count). The van der Waals surface area contributed by atoms with Crippen molar-refractivity contribution in [2.45, 2.75) is 6.04 Å². The van der Waals surface area contributed by atoms with Crippen molar-refractivity contribution in [1.29, 1.82) is 0 Å². The molecule has 5 nitrogen and oxygen atoms in total. The molecule has 23 heavy (non-hydrogen) atoms. The normalized spacial score (nSPS) is 14.1. The predicted octanol–water partition coefficient (Wildman–Crippen LogP) is 3.16. The second kappa shape index (κ2) is 6.78. The summed E-state index contributed by atoms with van der Waals surface area (Å²) in [6.45, 7) is 0.635. The number of benzene rings is 1. The van der Waals surface area contributed by atoms with E-state index < -0.39 is 0 Å². The Balaban J connectivity index is 1.71. The van der Waals surface area contributed by atoms with Crippen LogP contribution >= 0.6 is 22.9 Å². The van der Waals surface area contributed by atoms with Gasteiger partial charge < -0.3 is 19.7 Å². The van der Waals surface area contributed by atoms with E-state index in [1.54, 1.807) is 23.5 Å². The van der Waals surface area contributed by atoms with Gasteiger partial charge in [0.2, 0.25) is 6.79 Å². The van der Waals surface area contributed by atoms with Crippen LogP contribution in [0.5, 0.6) is 11.5 Å². The van der Waals surface area contributed by atoms with E-state index in [1.807, 2.05) is 19.5 Å². The molecule has 1 aliphatic rings. The number of carbonyl (C=O) groups excluding carboxylic acids is 1. The molecule has 0 saturated heterocycles. The number of rotatable bonds is 5. The van der Waals surface area contributed by atoms with E-state index >= 15 is 0 Å². The Bertz CT molecular complexity index is 704. The summed E-state index contributed by atoms with van der Waals surface area (Å²) in [6.07, 6.45) is 0. The van der Waals surface area contributed by atoms with Crippen molar-refractivity contribution in [1.82, 2.24) is 10.2 Å². The van der Waals surface area contributed by atoms with Crippen LogP contribution in [0.2, 0.25) is 5.02 Å². The second-order valence-corrected chi connectivity index (χ2v) is 6.63. The lowest BCUT2D eigenvalue weighted by molar-refractivity contribution is 0.0941. The van der Waals surface area contributed by atoms with Gasteiger partial charge in [-0.3, -0.25) is 4.79 Å². The minimum Gasteiger partial charge on any atom is -0.454 e. The number of hydrogen-bond donors (Lipinski definition) is 1. The molecule has 0 radical (unpaired) electrons. The van der Waals surface area contributed by atoms with Crippen molar-refractivity contribution in [3.8, 4) is 11.5 Å². The number of thiophene rings is 1. The van der Waals surface area contributed by atoms with Gasteiger partial charge in [-0.2, -0.15) is 11.3 Å². The van der Waals surface area contributed by atoms with Gasteiger partial charge >= 0.3 is 0 Å². The quantitative estimate of drug-likeness (QED) is 0.898. The van der Waals surface area contributed by atoms with Gasteiger partial charge in [0.15, 0.2) is 11.5 Å². The molecule has 1 atom stereocenters. The van der Waals surface area contributed by atoms with E-state index in [9.17, 15) is 4.79 Å². The predicted molar refractivity (Wildman–Crippen MR) is 90.7 cm³/mol. The molecule has 7 heteroatoms. The third kappa shape index (κ3) is 3.44. The van der Waals surface area contributed by atoms with Gasteiger partial charge in [0, 0.05) is 12.1 Å². The molecule has 122 valence electrons. The lowest BCUT2D eigenvalue weighted by atomic mass is 10.1. The molecule has 1 aromatic heterocycles. The first-order chi connectivity index (χ1) is 11.1. The first-order valence-electron chi connectivity index (χ1n) is 7.12. The third-order valence-corrected chi connectivity index (χ3v) is 4.68. The average molecular weight is 353 g/mol. The van der Waals surface area contributed by atoms with Crippen molar-refractivity contribution >= 4 is 28.8 Å². The second-order valence-electron chi connectivity index (χ2n) is 5.44. The smallest absolute Gasteiger partial charge is 0.251 e. The molecule has 2 heterocycles. The Labute approximate surface area is 143 Å². The van der Waals surface area contributed by atoms with E-state index in [1.165, 1.54) is 5.56 Å². The molecule has 1 aromatic carbocycles.